The highest BCUT2D eigenvalue weighted by molar-refractivity contribution is 9.10. The number of guanidine groups is 1. The number of nitrogens with zero attached hydrogens (tertiary/aromatic N) is 2. The first-order chi connectivity index (χ1) is 17.7. The van der Waals surface area contributed by atoms with Gasteiger partial charge in [-0.05, 0) is 65.9 Å². The largest absolute Gasteiger partial charge is 0.508 e. The highest BCUT2D eigenvalue weighted by Crippen LogP contribution is 2.31. The monoisotopic (exact) mass is 629 g/mol. The average Bonchev–Trinajstić information content (AvgIpc) is 2.86. The molecule has 7 N–H and O–H groups in total. The summed E-state index contributed by atoms with van der Waals surface area (Å²) in [5.74, 6) is -1.52. The Morgan fingerprint density at radius 2 is 1.35 bits per heavy atom. The summed E-state index contributed by atoms with van der Waals surface area (Å²) in [6.07, 6.45) is 0.732. The minimum absolute atomic E-state index is 0.0433. The number of amides is 2. The van der Waals surface area contributed by atoms with Crippen LogP contribution >= 0.6 is 31.9 Å². The van der Waals surface area contributed by atoms with Crippen LogP contribution in [0.5, 0.6) is 5.75 Å². The predicted octanol–water partition coefficient (Wildman–Crippen LogP) is 3.99. The molecule has 3 aromatic rings. The van der Waals surface area contributed by atoms with E-state index in [1.54, 1.807) is 12.1 Å². The van der Waals surface area contributed by atoms with Gasteiger partial charge in [0.05, 0.1) is 5.92 Å². The fourth-order valence-electron chi connectivity index (χ4n) is 4.04. The normalized spacial score (nSPS) is 11.6. The van der Waals surface area contributed by atoms with Crippen molar-refractivity contribution >= 4 is 49.6 Å². The van der Waals surface area contributed by atoms with Gasteiger partial charge in [0.1, 0.15) is 11.8 Å². The van der Waals surface area contributed by atoms with Crippen LogP contribution in [-0.2, 0) is 16.1 Å². The maximum absolute atomic E-state index is 14.4. The number of nitrogens with two attached hydrogens (primary N) is 3. The van der Waals surface area contributed by atoms with E-state index in [0.717, 1.165) is 25.6 Å². The number of hydrogen-bond donors (Lipinski definition) is 4. The van der Waals surface area contributed by atoms with Crippen molar-refractivity contribution in [2.75, 3.05) is 6.54 Å². The predicted molar refractivity (Wildman–Crippen MR) is 152 cm³/mol. The smallest absolute Gasteiger partial charge is 0.240 e. The first-order valence-electron chi connectivity index (χ1n) is 11.6. The summed E-state index contributed by atoms with van der Waals surface area (Å²) in [7, 11) is 0. The zero-order chi connectivity index (χ0) is 26.9. The lowest BCUT2D eigenvalue weighted by Gasteiger charge is -2.33. The van der Waals surface area contributed by atoms with E-state index >= 15 is 0 Å². The summed E-state index contributed by atoms with van der Waals surface area (Å²) in [4.78, 5) is 32.5. The summed E-state index contributed by atoms with van der Waals surface area (Å²) in [6, 6.07) is 20.6. The number of halogens is 2. The average molecular weight is 631 g/mol. The number of phenolic OH excluding ortho intramolecular Hbond substituents is 1. The van der Waals surface area contributed by atoms with Crippen molar-refractivity contribution in [1.29, 1.82) is 0 Å². The fourth-order valence-corrected chi connectivity index (χ4v) is 4.57. The lowest BCUT2D eigenvalue weighted by molar-refractivity contribution is -0.141. The number of carbonyl (C=O) groups is 2. The number of aliphatic imine (C=N–C) groups is 1. The first kappa shape index (κ1) is 28.2. The molecular formula is C27H29Br2N5O3. The lowest BCUT2D eigenvalue weighted by Crippen LogP contribution is -2.49. The number of phenols is 1. The molecule has 10 heteroatoms. The molecule has 8 nitrogen and oxygen atoms in total. The Bertz CT molecular complexity index is 1180. The third-order valence-electron chi connectivity index (χ3n) is 5.86. The van der Waals surface area contributed by atoms with Crippen molar-refractivity contribution in [3.63, 3.8) is 0 Å². The molecule has 0 heterocycles. The first-order valence-corrected chi connectivity index (χ1v) is 13.2. The molecule has 3 rings (SSSR count). The zero-order valence-corrected chi connectivity index (χ0v) is 23.2. The van der Waals surface area contributed by atoms with Crippen LogP contribution < -0.4 is 17.2 Å². The minimum Gasteiger partial charge on any atom is -0.508 e. The van der Waals surface area contributed by atoms with Crippen LogP contribution in [0.3, 0.4) is 0 Å². The van der Waals surface area contributed by atoms with Gasteiger partial charge in [-0.1, -0.05) is 68.3 Å². The van der Waals surface area contributed by atoms with Crippen molar-refractivity contribution in [2.45, 2.75) is 31.3 Å². The van der Waals surface area contributed by atoms with E-state index in [1.807, 2.05) is 48.5 Å². The Hall–Kier alpha value is -3.37. The summed E-state index contributed by atoms with van der Waals surface area (Å²) in [5, 5.41) is 9.72. The molecule has 0 fully saturated rings. The van der Waals surface area contributed by atoms with Crippen LogP contribution in [-0.4, -0.2) is 40.4 Å². The van der Waals surface area contributed by atoms with Crippen LogP contribution in [0.15, 0.2) is 86.7 Å². The number of benzene rings is 3. The summed E-state index contributed by atoms with van der Waals surface area (Å²) in [6.45, 7) is 0.425. The van der Waals surface area contributed by atoms with Gasteiger partial charge in [-0.3, -0.25) is 14.6 Å². The van der Waals surface area contributed by atoms with Gasteiger partial charge in [-0.15, -0.1) is 0 Å². The molecule has 0 unspecified atom stereocenters. The quantitative estimate of drug-likeness (QED) is 0.144. The SMILES string of the molecule is NC(=O)[C@@H](CCCN=C(N)N)N(Cc1ccc(O)cc1)C(=O)C(c1ccc(Br)cc1)c1ccc(Br)cc1. The number of carbonyl (C=O) groups excluding carboxylic acids is 2. The van der Waals surface area contributed by atoms with E-state index in [-0.39, 0.29) is 30.6 Å². The summed E-state index contributed by atoms with van der Waals surface area (Å²) >= 11 is 6.90. The fraction of sp³-hybridized carbons (Fsp3) is 0.222. The third-order valence-corrected chi connectivity index (χ3v) is 6.92. The Balaban J connectivity index is 2.05. The Kier molecular flexibility index (Phi) is 10.1. The van der Waals surface area contributed by atoms with Gasteiger partial charge in [0, 0.05) is 22.0 Å². The van der Waals surface area contributed by atoms with Gasteiger partial charge in [0.15, 0.2) is 5.96 Å². The Labute approximate surface area is 232 Å². The van der Waals surface area contributed by atoms with Crippen LogP contribution in [0.1, 0.15) is 35.4 Å². The molecule has 0 aliphatic heterocycles. The molecule has 0 saturated carbocycles. The number of aromatic hydroxyl groups is 1. The van der Waals surface area contributed by atoms with Crippen molar-refractivity contribution in [3.8, 4) is 5.75 Å². The molecule has 2 amide bonds. The molecule has 1 atom stereocenters. The standard InChI is InChI=1S/C27H29Br2N5O3/c28-20-9-5-18(6-10-20)24(19-7-11-21(29)12-8-19)26(37)34(16-17-3-13-22(35)14-4-17)23(25(30)36)2-1-15-33-27(31)32/h3-14,23-24,35H,1-2,15-16H2,(H2,30,36)(H4,31,32,33)/t23-/m1/s1. The molecule has 0 bridgehead atoms. The lowest BCUT2D eigenvalue weighted by atomic mass is 9.89. The topological polar surface area (TPSA) is 148 Å². The number of rotatable bonds is 11. The van der Waals surface area contributed by atoms with Crippen molar-refractivity contribution < 1.29 is 14.7 Å². The second kappa shape index (κ2) is 13.3. The van der Waals surface area contributed by atoms with Crippen LogP contribution in [0, 0.1) is 0 Å². The maximum Gasteiger partial charge on any atom is 0.240 e. The van der Waals surface area contributed by atoms with E-state index in [4.69, 9.17) is 17.2 Å². The van der Waals surface area contributed by atoms with Gasteiger partial charge in [-0.25, -0.2) is 0 Å². The Morgan fingerprint density at radius 3 is 1.81 bits per heavy atom. The van der Waals surface area contributed by atoms with E-state index in [9.17, 15) is 14.7 Å². The minimum atomic E-state index is -0.899. The third kappa shape index (κ3) is 8.06. The molecule has 0 saturated heterocycles. The van der Waals surface area contributed by atoms with Gasteiger partial charge in [0.25, 0.3) is 0 Å². The number of hydrogen-bond acceptors (Lipinski definition) is 4. The molecule has 0 aliphatic carbocycles. The van der Waals surface area contributed by atoms with Crippen molar-refractivity contribution in [1.82, 2.24) is 4.90 Å². The highest BCUT2D eigenvalue weighted by Gasteiger charge is 2.34. The summed E-state index contributed by atoms with van der Waals surface area (Å²) < 4.78 is 1.77. The zero-order valence-electron chi connectivity index (χ0n) is 20.1. The van der Waals surface area contributed by atoms with Crippen LogP contribution in [0.25, 0.3) is 0 Å². The second-order valence-corrected chi connectivity index (χ2v) is 10.4. The molecule has 0 radical (unpaired) electrons. The molecular weight excluding hydrogens is 602 g/mol. The molecule has 3 aromatic carbocycles. The van der Waals surface area contributed by atoms with E-state index < -0.39 is 17.9 Å². The van der Waals surface area contributed by atoms with Crippen LogP contribution in [0.2, 0.25) is 0 Å². The van der Waals surface area contributed by atoms with Gasteiger partial charge in [0.2, 0.25) is 11.8 Å². The van der Waals surface area contributed by atoms with Gasteiger partial charge in [-0.2, -0.15) is 0 Å². The van der Waals surface area contributed by atoms with Gasteiger partial charge >= 0.3 is 0 Å². The van der Waals surface area contributed by atoms with Gasteiger partial charge < -0.3 is 27.2 Å². The molecule has 37 heavy (non-hydrogen) atoms. The molecule has 0 spiro atoms. The molecule has 194 valence electrons. The Morgan fingerprint density at radius 1 is 0.838 bits per heavy atom. The molecule has 0 aliphatic rings. The van der Waals surface area contributed by atoms with Crippen LogP contribution in [0.4, 0.5) is 0 Å². The second-order valence-electron chi connectivity index (χ2n) is 8.54. The van der Waals surface area contributed by atoms with E-state index in [0.29, 0.717) is 13.0 Å². The van der Waals surface area contributed by atoms with E-state index in [1.165, 1.54) is 17.0 Å². The molecule has 0 aromatic heterocycles. The van der Waals surface area contributed by atoms with Crippen molar-refractivity contribution in [3.05, 3.63) is 98.4 Å². The maximum atomic E-state index is 14.4. The van der Waals surface area contributed by atoms with E-state index in [2.05, 4.69) is 36.9 Å². The highest BCUT2D eigenvalue weighted by atomic mass is 79.9. The van der Waals surface area contributed by atoms with Crippen molar-refractivity contribution in [2.24, 2.45) is 22.2 Å². The summed E-state index contributed by atoms with van der Waals surface area (Å²) in [5.41, 5.74) is 19.0. The number of primary amides is 1.